The molecule has 0 unspecified atom stereocenters. The lowest BCUT2D eigenvalue weighted by Crippen LogP contribution is -2.38. The summed E-state index contributed by atoms with van der Waals surface area (Å²) in [6, 6.07) is 13.3. The molecular weight excluding hydrogens is 441 g/mol. The summed E-state index contributed by atoms with van der Waals surface area (Å²) in [5.41, 5.74) is 2.01. The van der Waals surface area contributed by atoms with Crippen molar-refractivity contribution in [2.75, 3.05) is 13.1 Å². The van der Waals surface area contributed by atoms with Gasteiger partial charge in [-0.05, 0) is 66.4 Å². The van der Waals surface area contributed by atoms with E-state index in [0.29, 0.717) is 18.2 Å². The summed E-state index contributed by atoms with van der Waals surface area (Å²) in [5, 5.41) is 9.02. The number of benzene rings is 2. The van der Waals surface area contributed by atoms with Gasteiger partial charge in [-0.2, -0.15) is 13.2 Å². The molecule has 2 aromatic carbocycles. The van der Waals surface area contributed by atoms with Gasteiger partial charge in [0.2, 0.25) is 0 Å². The number of rotatable bonds is 4. The molecule has 5 rings (SSSR count). The number of para-hydroxylation sites is 1. The van der Waals surface area contributed by atoms with Crippen molar-refractivity contribution in [2.24, 2.45) is 0 Å². The van der Waals surface area contributed by atoms with Gasteiger partial charge >= 0.3 is 12.6 Å². The van der Waals surface area contributed by atoms with Crippen LogP contribution in [-0.4, -0.2) is 22.8 Å². The molecule has 32 heavy (non-hydrogen) atoms. The van der Waals surface area contributed by atoms with Gasteiger partial charge in [-0.1, -0.05) is 24.3 Å². The number of halogens is 4. The summed E-state index contributed by atoms with van der Waals surface area (Å²) in [6.45, 7) is 2.44. The van der Waals surface area contributed by atoms with Crippen molar-refractivity contribution < 1.29 is 22.3 Å². The quantitative estimate of drug-likeness (QED) is 0.433. The number of nitrogens with zero attached hydrogens (tertiary/aromatic N) is 3. The van der Waals surface area contributed by atoms with E-state index in [1.54, 1.807) is 10.7 Å². The molecule has 4 aromatic rings. The van der Waals surface area contributed by atoms with Crippen LogP contribution in [0.15, 0.2) is 65.5 Å². The number of piperidine rings is 1. The third kappa shape index (κ3) is 4.38. The number of hydrogen-bond donors (Lipinski definition) is 1. The van der Waals surface area contributed by atoms with Crippen LogP contribution < -0.4 is 10.00 Å². The second-order valence-corrected chi connectivity index (χ2v) is 7.88. The lowest BCUT2D eigenvalue weighted by atomic mass is 9.90. The third-order valence-electron chi connectivity index (χ3n) is 5.84. The van der Waals surface area contributed by atoms with Gasteiger partial charge in [0.05, 0.1) is 11.1 Å². The first-order valence-electron chi connectivity index (χ1n) is 10.3. The van der Waals surface area contributed by atoms with Crippen LogP contribution in [-0.2, 0) is 12.8 Å². The molecule has 0 radical (unpaired) electrons. The Bertz CT molecular complexity index is 1210. The first-order chi connectivity index (χ1) is 15.0. The van der Waals surface area contributed by atoms with Crippen LogP contribution in [0.3, 0.4) is 0 Å². The predicted molar refractivity (Wildman–Crippen MR) is 117 cm³/mol. The minimum Gasteiger partial charge on any atom is -0.383 e. The van der Waals surface area contributed by atoms with Crippen LogP contribution in [0.5, 0.6) is 0 Å². The van der Waals surface area contributed by atoms with E-state index in [4.69, 9.17) is 4.42 Å². The van der Waals surface area contributed by atoms with Crippen LogP contribution >= 0.6 is 12.4 Å². The Kier molecular flexibility index (Phi) is 6.26. The van der Waals surface area contributed by atoms with Crippen LogP contribution in [0, 0.1) is 0 Å². The van der Waals surface area contributed by atoms with E-state index >= 15 is 0 Å². The van der Waals surface area contributed by atoms with Crippen LogP contribution in [0.4, 0.5) is 13.2 Å². The molecule has 1 fully saturated rings. The van der Waals surface area contributed by atoms with E-state index in [2.05, 4.69) is 33.3 Å². The highest BCUT2D eigenvalue weighted by molar-refractivity contribution is 5.85. The predicted octanol–water partition coefficient (Wildman–Crippen LogP) is 5.00. The number of aromatic nitrogens is 3. The molecule has 9 heteroatoms. The molecule has 0 spiro atoms. The monoisotopic (exact) mass is 463 g/mol. The van der Waals surface area contributed by atoms with E-state index in [0.717, 1.165) is 43.6 Å². The number of fused-ring (bicyclic) bond motifs is 1. The highest BCUT2D eigenvalue weighted by Crippen LogP contribution is 2.33. The van der Waals surface area contributed by atoms with Crippen LogP contribution in [0.1, 0.15) is 29.9 Å². The van der Waals surface area contributed by atoms with Crippen LogP contribution in [0.25, 0.3) is 22.4 Å². The van der Waals surface area contributed by atoms with Crippen molar-refractivity contribution in [3.63, 3.8) is 0 Å². The van der Waals surface area contributed by atoms with Crippen molar-refractivity contribution in [1.82, 2.24) is 15.0 Å². The fraction of sp³-hybridized carbons (Fsp3) is 0.304. The summed E-state index contributed by atoms with van der Waals surface area (Å²) < 4.78 is 48.3. The van der Waals surface area contributed by atoms with E-state index in [9.17, 15) is 13.2 Å². The second-order valence-electron chi connectivity index (χ2n) is 7.88. The zero-order valence-electron chi connectivity index (χ0n) is 17.2. The van der Waals surface area contributed by atoms with Gasteiger partial charge in [0, 0.05) is 22.2 Å². The number of nitrogens with one attached hydrogen (secondary N) is 1. The maximum atomic E-state index is 13.0. The summed E-state index contributed by atoms with van der Waals surface area (Å²) >= 11 is 0. The number of alkyl halides is 3. The molecule has 0 aliphatic carbocycles. The molecule has 0 bridgehead atoms. The molecule has 5 nitrogen and oxygen atoms in total. The van der Waals surface area contributed by atoms with E-state index in [1.165, 1.54) is 23.4 Å². The Morgan fingerprint density at radius 2 is 1.88 bits per heavy atom. The van der Waals surface area contributed by atoms with Crippen LogP contribution in [0.2, 0.25) is 0 Å². The van der Waals surface area contributed by atoms with Crippen molar-refractivity contribution in [2.45, 2.75) is 31.6 Å². The molecular formula is C23H23ClF3N4O+. The molecule has 0 amide bonds. The maximum Gasteiger partial charge on any atom is 0.416 e. The summed E-state index contributed by atoms with van der Waals surface area (Å²) in [7, 11) is 0. The molecule has 2 aromatic heterocycles. The second kappa shape index (κ2) is 8.96. The fourth-order valence-corrected chi connectivity index (χ4v) is 4.30. The average Bonchev–Trinajstić information content (AvgIpc) is 3.40. The maximum absolute atomic E-state index is 13.0. The molecule has 1 aliphatic heterocycles. The third-order valence-corrected chi connectivity index (χ3v) is 5.84. The minimum atomic E-state index is -4.41. The lowest BCUT2D eigenvalue weighted by Gasteiger charge is -2.22. The van der Waals surface area contributed by atoms with Gasteiger partial charge in [-0.15, -0.1) is 12.4 Å². The Morgan fingerprint density at radius 1 is 1.09 bits per heavy atom. The molecule has 1 N–H and O–H groups in total. The summed E-state index contributed by atoms with van der Waals surface area (Å²) in [5.74, 6) is 0.663. The molecule has 3 heterocycles. The van der Waals surface area contributed by atoms with E-state index < -0.39 is 11.7 Å². The smallest absolute Gasteiger partial charge is 0.383 e. The van der Waals surface area contributed by atoms with Gasteiger partial charge in [-0.3, -0.25) is 4.57 Å². The largest absolute Gasteiger partial charge is 0.416 e. The summed E-state index contributed by atoms with van der Waals surface area (Å²) in [6.07, 6.45) is 1.41. The fourth-order valence-electron chi connectivity index (χ4n) is 4.30. The van der Waals surface area contributed by atoms with Gasteiger partial charge in [0.25, 0.3) is 12.6 Å². The molecule has 1 aliphatic rings. The number of hydrogen-bond acceptors (Lipinski definition) is 3. The SMILES string of the molecule is Cl.FC(F)(F)c1cccc(-c2n[n+](Cn3cc(C4CCNCC4)c4ccccc43)co2)c1. The standard InChI is InChI=1S/C23H22F3N4O.ClH/c24-23(25,26)18-5-3-4-17(12-18)22-28-30(15-31-22)14-29-13-20(16-8-10-27-11-9-16)19-6-1-2-7-21(19)29;/h1-7,12-13,15-16,27H,8-11,14H2;1H/q+1;. The highest BCUT2D eigenvalue weighted by atomic mass is 35.5. The Balaban J connectivity index is 0.00000245. The lowest BCUT2D eigenvalue weighted by molar-refractivity contribution is -0.757. The molecule has 168 valence electrons. The topological polar surface area (TPSA) is 46.9 Å². The van der Waals surface area contributed by atoms with Crippen molar-refractivity contribution in [3.05, 3.63) is 72.2 Å². The Labute approximate surface area is 189 Å². The van der Waals surface area contributed by atoms with Gasteiger partial charge < -0.3 is 9.73 Å². The Morgan fingerprint density at radius 3 is 2.66 bits per heavy atom. The Hall–Kier alpha value is -2.84. The van der Waals surface area contributed by atoms with Crippen molar-refractivity contribution >= 4 is 23.3 Å². The average molecular weight is 464 g/mol. The van der Waals surface area contributed by atoms with E-state index in [-0.39, 0.29) is 18.3 Å². The molecule has 0 saturated carbocycles. The zero-order chi connectivity index (χ0) is 21.4. The van der Waals surface area contributed by atoms with E-state index in [1.807, 2.05) is 12.1 Å². The highest BCUT2D eigenvalue weighted by Gasteiger charge is 2.31. The molecule has 1 saturated heterocycles. The minimum absolute atomic E-state index is 0. The van der Waals surface area contributed by atoms with Gasteiger partial charge in [0.1, 0.15) is 0 Å². The summed E-state index contributed by atoms with van der Waals surface area (Å²) in [4.78, 5) is 0. The molecule has 0 atom stereocenters. The zero-order valence-corrected chi connectivity index (χ0v) is 18.0. The first-order valence-corrected chi connectivity index (χ1v) is 10.3. The first kappa shape index (κ1) is 22.4. The normalized spacial score (nSPS) is 15.1. The van der Waals surface area contributed by atoms with Gasteiger partial charge in [-0.25, -0.2) is 0 Å². The van der Waals surface area contributed by atoms with Crippen molar-refractivity contribution in [3.8, 4) is 11.5 Å². The van der Waals surface area contributed by atoms with Gasteiger partial charge in [0.15, 0.2) is 0 Å². The van der Waals surface area contributed by atoms with Crippen molar-refractivity contribution in [1.29, 1.82) is 0 Å².